The number of pyridine rings is 2. The third-order valence-corrected chi connectivity index (χ3v) is 6.76. The van der Waals surface area contributed by atoms with Crippen molar-refractivity contribution in [3.63, 3.8) is 0 Å². The van der Waals surface area contributed by atoms with Crippen LogP contribution < -0.4 is 10.6 Å². The molecule has 1 aliphatic rings. The van der Waals surface area contributed by atoms with Gasteiger partial charge in [-0.1, -0.05) is 6.07 Å². The van der Waals surface area contributed by atoms with Crippen LogP contribution in [0.3, 0.4) is 0 Å². The molecule has 41 heavy (non-hydrogen) atoms. The number of fused-ring (bicyclic) bond motifs is 1. The number of nitrogens with zero attached hydrogens (tertiary/aromatic N) is 3. The van der Waals surface area contributed by atoms with Gasteiger partial charge in [-0.3, -0.25) is 9.78 Å². The minimum absolute atomic E-state index is 0.0150. The van der Waals surface area contributed by atoms with Crippen molar-refractivity contribution in [3.05, 3.63) is 53.0 Å². The lowest BCUT2D eigenvalue weighted by Crippen LogP contribution is -2.44. The average molecular weight is 580 g/mol. The Balaban J connectivity index is 1.57. The standard InChI is InChI=1S/C29H40F3N5O4/c1-28(2,3)41-18-17-37(15-5-4-8-21-10-9-20-7-6-13-34-25(20)35-21)16-12-24(27(39)40)36-26(38)22-11-14-33-19-23(22)29(30,31)32/h9-11,14,19,24H,4-8,12-13,15-18H2,1-3H3,(H,34,35)(H,36,38)(H,39,40)/t24-/m0/s1. The molecule has 0 aliphatic carbocycles. The summed E-state index contributed by atoms with van der Waals surface area (Å²) < 4.78 is 45.8. The van der Waals surface area contributed by atoms with E-state index in [1.54, 1.807) is 0 Å². The molecule has 0 fully saturated rings. The van der Waals surface area contributed by atoms with Crippen molar-refractivity contribution in [3.8, 4) is 0 Å². The van der Waals surface area contributed by atoms with E-state index in [0.717, 1.165) is 62.4 Å². The molecule has 3 heterocycles. The Morgan fingerprint density at radius 3 is 2.63 bits per heavy atom. The molecule has 0 spiro atoms. The van der Waals surface area contributed by atoms with Crippen molar-refractivity contribution in [1.29, 1.82) is 0 Å². The lowest BCUT2D eigenvalue weighted by molar-refractivity contribution is -0.139. The third-order valence-electron chi connectivity index (χ3n) is 6.76. The number of carbonyl (C=O) groups excluding carboxylic acids is 1. The molecule has 1 atom stereocenters. The zero-order chi connectivity index (χ0) is 30.0. The van der Waals surface area contributed by atoms with E-state index in [0.29, 0.717) is 32.4 Å². The molecule has 0 saturated carbocycles. The Labute approximate surface area is 238 Å². The Morgan fingerprint density at radius 2 is 1.93 bits per heavy atom. The molecule has 3 rings (SSSR count). The summed E-state index contributed by atoms with van der Waals surface area (Å²) in [5.41, 5.74) is 0.0373. The lowest BCUT2D eigenvalue weighted by Gasteiger charge is -2.27. The number of aryl methyl sites for hydroxylation is 2. The first-order valence-corrected chi connectivity index (χ1v) is 14.0. The Bertz CT molecular complexity index is 1170. The van der Waals surface area contributed by atoms with Gasteiger partial charge in [-0.15, -0.1) is 0 Å². The van der Waals surface area contributed by atoms with Crippen LogP contribution >= 0.6 is 0 Å². The summed E-state index contributed by atoms with van der Waals surface area (Å²) in [5, 5.41) is 15.3. The van der Waals surface area contributed by atoms with Crippen molar-refractivity contribution in [2.75, 3.05) is 38.1 Å². The van der Waals surface area contributed by atoms with Gasteiger partial charge in [0.1, 0.15) is 11.9 Å². The molecule has 2 aromatic heterocycles. The maximum atomic E-state index is 13.3. The first-order valence-electron chi connectivity index (χ1n) is 14.0. The highest BCUT2D eigenvalue weighted by Gasteiger charge is 2.36. The molecule has 9 nitrogen and oxygen atoms in total. The highest BCUT2D eigenvalue weighted by molar-refractivity contribution is 5.97. The van der Waals surface area contributed by atoms with Crippen LogP contribution in [-0.2, 0) is 28.5 Å². The first-order chi connectivity index (χ1) is 19.3. The van der Waals surface area contributed by atoms with Gasteiger partial charge in [0, 0.05) is 37.7 Å². The fraction of sp³-hybridized carbons (Fsp3) is 0.586. The van der Waals surface area contributed by atoms with E-state index < -0.39 is 35.2 Å². The minimum Gasteiger partial charge on any atom is -0.480 e. The molecule has 0 saturated heterocycles. The van der Waals surface area contributed by atoms with Gasteiger partial charge in [-0.2, -0.15) is 13.2 Å². The highest BCUT2D eigenvalue weighted by atomic mass is 19.4. The largest absolute Gasteiger partial charge is 0.480 e. The first kappa shape index (κ1) is 32.3. The van der Waals surface area contributed by atoms with E-state index in [2.05, 4.69) is 32.7 Å². The van der Waals surface area contributed by atoms with Gasteiger partial charge in [0.05, 0.1) is 23.3 Å². The van der Waals surface area contributed by atoms with Gasteiger partial charge in [0.2, 0.25) is 0 Å². The second-order valence-electron chi connectivity index (χ2n) is 11.2. The van der Waals surface area contributed by atoms with Crippen molar-refractivity contribution in [2.24, 2.45) is 0 Å². The van der Waals surface area contributed by atoms with Crippen molar-refractivity contribution in [2.45, 2.75) is 77.1 Å². The molecule has 0 radical (unpaired) electrons. The minimum atomic E-state index is -4.80. The number of aromatic nitrogens is 2. The van der Waals surface area contributed by atoms with Gasteiger partial charge >= 0.3 is 12.1 Å². The highest BCUT2D eigenvalue weighted by Crippen LogP contribution is 2.31. The Morgan fingerprint density at radius 1 is 1.15 bits per heavy atom. The van der Waals surface area contributed by atoms with Crippen LogP contribution in [0, 0.1) is 0 Å². The van der Waals surface area contributed by atoms with Crippen molar-refractivity contribution in [1.82, 2.24) is 20.2 Å². The number of carboxylic acid groups (broad SMARTS) is 1. The number of alkyl halides is 3. The summed E-state index contributed by atoms with van der Waals surface area (Å²) in [6.45, 7) is 8.72. The zero-order valence-corrected chi connectivity index (χ0v) is 23.9. The van der Waals surface area contributed by atoms with Crippen LogP contribution in [0.4, 0.5) is 19.0 Å². The van der Waals surface area contributed by atoms with Crippen LogP contribution in [-0.4, -0.2) is 76.3 Å². The fourth-order valence-corrected chi connectivity index (χ4v) is 4.59. The van der Waals surface area contributed by atoms with E-state index in [1.165, 1.54) is 5.56 Å². The fourth-order valence-electron chi connectivity index (χ4n) is 4.59. The summed E-state index contributed by atoms with van der Waals surface area (Å²) in [4.78, 5) is 34.8. The number of anilines is 1. The van der Waals surface area contributed by atoms with Crippen molar-refractivity contribution < 1.29 is 32.6 Å². The van der Waals surface area contributed by atoms with Gasteiger partial charge in [-0.05, 0) is 83.5 Å². The number of rotatable bonds is 14. The molecule has 0 aromatic carbocycles. The van der Waals surface area contributed by atoms with Gasteiger partial charge in [-0.25, -0.2) is 9.78 Å². The maximum Gasteiger partial charge on any atom is 0.418 e. The van der Waals surface area contributed by atoms with Crippen LogP contribution in [0.2, 0.25) is 0 Å². The SMILES string of the molecule is CC(C)(C)OCCN(CCCCc1ccc2c(n1)NCCC2)CC[C@H](NC(=O)c1ccncc1C(F)(F)F)C(=O)O. The molecule has 0 bridgehead atoms. The lowest BCUT2D eigenvalue weighted by atomic mass is 10.1. The molecular formula is C29H40F3N5O4. The number of amides is 1. The normalized spacial score (nSPS) is 14.3. The zero-order valence-electron chi connectivity index (χ0n) is 23.9. The number of aliphatic carboxylic acids is 1. The maximum absolute atomic E-state index is 13.3. The predicted molar refractivity (Wildman–Crippen MR) is 149 cm³/mol. The monoisotopic (exact) mass is 579 g/mol. The summed E-state index contributed by atoms with van der Waals surface area (Å²) in [6.07, 6.45) is 1.49. The number of halogens is 3. The number of hydrogen-bond donors (Lipinski definition) is 3. The number of unbranched alkanes of at least 4 members (excludes halogenated alkanes) is 1. The van der Waals surface area contributed by atoms with E-state index in [1.807, 2.05) is 20.8 Å². The van der Waals surface area contributed by atoms with Gasteiger partial charge in [0.15, 0.2) is 0 Å². The van der Waals surface area contributed by atoms with Crippen LogP contribution in [0.1, 0.15) is 73.6 Å². The number of nitrogens with one attached hydrogen (secondary N) is 2. The van der Waals surface area contributed by atoms with E-state index in [4.69, 9.17) is 9.72 Å². The number of hydrogen-bond acceptors (Lipinski definition) is 7. The van der Waals surface area contributed by atoms with Crippen LogP contribution in [0.5, 0.6) is 0 Å². The quantitative estimate of drug-likeness (QED) is 0.279. The molecular weight excluding hydrogens is 539 g/mol. The molecule has 1 aliphatic heterocycles. The Hall–Kier alpha value is -3.25. The number of ether oxygens (including phenoxy) is 1. The van der Waals surface area contributed by atoms with Crippen molar-refractivity contribution >= 4 is 17.7 Å². The number of carbonyl (C=O) groups is 2. The second kappa shape index (κ2) is 14.6. The molecule has 226 valence electrons. The van der Waals surface area contributed by atoms with E-state index in [9.17, 15) is 27.9 Å². The molecule has 0 unspecified atom stereocenters. The molecule has 3 N–H and O–H groups in total. The smallest absolute Gasteiger partial charge is 0.418 e. The summed E-state index contributed by atoms with van der Waals surface area (Å²) in [5.74, 6) is -1.47. The summed E-state index contributed by atoms with van der Waals surface area (Å²) in [7, 11) is 0. The van der Waals surface area contributed by atoms with Gasteiger partial charge in [0.25, 0.3) is 5.91 Å². The average Bonchev–Trinajstić information content (AvgIpc) is 2.91. The molecule has 2 aromatic rings. The topological polar surface area (TPSA) is 117 Å². The summed E-state index contributed by atoms with van der Waals surface area (Å²) in [6, 6.07) is 3.76. The van der Waals surface area contributed by atoms with Gasteiger partial charge < -0.3 is 25.4 Å². The third kappa shape index (κ3) is 10.6. The van der Waals surface area contributed by atoms with Crippen LogP contribution in [0.25, 0.3) is 0 Å². The van der Waals surface area contributed by atoms with Crippen LogP contribution in [0.15, 0.2) is 30.6 Å². The number of carboxylic acids is 1. The van der Waals surface area contributed by atoms with E-state index in [-0.39, 0.29) is 12.0 Å². The molecule has 1 amide bonds. The molecule has 12 heteroatoms. The predicted octanol–water partition coefficient (Wildman–Crippen LogP) is 4.57. The second-order valence-corrected chi connectivity index (χ2v) is 11.2. The van der Waals surface area contributed by atoms with E-state index >= 15 is 0 Å². The Kier molecular flexibility index (Phi) is 11.5. The summed E-state index contributed by atoms with van der Waals surface area (Å²) >= 11 is 0.